The van der Waals surface area contributed by atoms with E-state index in [-0.39, 0.29) is 18.1 Å². The van der Waals surface area contributed by atoms with Gasteiger partial charge in [0.2, 0.25) is 5.89 Å². The quantitative estimate of drug-likeness (QED) is 0.806. The maximum absolute atomic E-state index is 11.6. The highest BCUT2D eigenvalue weighted by atomic mass is 16.5. The van der Waals surface area contributed by atoms with Gasteiger partial charge < -0.3 is 4.52 Å². The molecule has 1 saturated carbocycles. The van der Waals surface area contributed by atoms with Crippen molar-refractivity contribution < 1.29 is 9.32 Å². The lowest BCUT2D eigenvalue weighted by atomic mass is 10.1. The number of hydrogen-bond acceptors (Lipinski definition) is 4. The van der Waals surface area contributed by atoms with Crippen LogP contribution in [-0.4, -0.2) is 15.9 Å². The van der Waals surface area contributed by atoms with Crippen molar-refractivity contribution in [3.05, 3.63) is 47.6 Å². The third-order valence-electron chi connectivity index (χ3n) is 3.07. The fourth-order valence-electron chi connectivity index (χ4n) is 1.91. The molecular formula is C14H14N2O2. The molecule has 1 heterocycles. The highest BCUT2D eigenvalue weighted by molar-refractivity contribution is 5.84. The van der Waals surface area contributed by atoms with Crippen LogP contribution in [0, 0.1) is 5.92 Å². The molecule has 0 spiro atoms. The van der Waals surface area contributed by atoms with Crippen LogP contribution in [-0.2, 0) is 17.6 Å². The van der Waals surface area contributed by atoms with Crippen molar-refractivity contribution in [1.82, 2.24) is 10.1 Å². The number of hydrogen-bond donors (Lipinski definition) is 0. The topological polar surface area (TPSA) is 56.0 Å². The van der Waals surface area contributed by atoms with Crippen LogP contribution in [0.3, 0.4) is 0 Å². The van der Waals surface area contributed by atoms with Gasteiger partial charge in [-0.05, 0) is 18.4 Å². The molecule has 0 atom stereocenters. The second-order valence-corrected chi connectivity index (χ2v) is 4.68. The molecule has 92 valence electrons. The second-order valence-electron chi connectivity index (χ2n) is 4.68. The number of carbonyl (C=O) groups excluding carboxylic acids is 1. The highest BCUT2D eigenvalue weighted by Gasteiger charge is 2.30. The molecule has 18 heavy (non-hydrogen) atoms. The van der Waals surface area contributed by atoms with Crippen LogP contribution in [0.1, 0.15) is 30.1 Å². The van der Waals surface area contributed by atoms with E-state index in [9.17, 15) is 4.79 Å². The van der Waals surface area contributed by atoms with Gasteiger partial charge in [0.1, 0.15) is 5.78 Å². The summed E-state index contributed by atoms with van der Waals surface area (Å²) in [5.41, 5.74) is 1.14. The van der Waals surface area contributed by atoms with Crippen LogP contribution in [0.2, 0.25) is 0 Å². The predicted molar refractivity (Wildman–Crippen MR) is 65.0 cm³/mol. The Balaban J connectivity index is 1.64. The van der Waals surface area contributed by atoms with Gasteiger partial charge in [-0.2, -0.15) is 4.98 Å². The predicted octanol–water partition coefficient (Wildman–Crippen LogP) is 2.18. The minimum atomic E-state index is 0.227. The van der Waals surface area contributed by atoms with Gasteiger partial charge in [0.05, 0.1) is 6.42 Å². The first kappa shape index (κ1) is 11.1. The monoisotopic (exact) mass is 242 g/mol. The first-order valence-corrected chi connectivity index (χ1v) is 6.19. The van der Waals surface area contributed by atoms with Crippen LogP contribution in [0.4, 0.5) is 0 Å². The van der Waals surface area contributed by atoms with Crippen molar-refractivity contribution in [1.29, 1.82) is 0 Å². The molecule has 1 aliphatic rings. The van der Waals surface area contributed by atoms with Gasteiger partial charge in [-0.15, -0.1) is 0 Å². The van der Waals surface area contributed by atoms with Crippen molar-refractivity contribution >= 4 is 5.78 Å². The summed E-state index contributed by atoms with van der Waals surface area (Å²) < 4.78 is 5.10. The van der Waals surface area contributed by atoms with Crippen LogP contribution >= 0.6 is 0 Å². The molecule has 0 unspecified atom stereocenters. The van der Waals surface area contributed by atoms with E-state index in [0.29, 0.717) is 18.1 Å². The van der Waals surface area contributed by atoms with Gasteiger partial charge in [0, 0.05) is 12.3 Å². The highest BCUT2D eigenvalue weighted by Crippen LogP contribution is 2.30. The molecule has 0 radical (unpaired) electrons. The number of Topliss-reactive ketones (excluding diaryl/α,β-unsaturated/α-hetero) is 1. The lowest BCUT2D eigenvalue weighted by molar-refractivity contribution is -0.119. The number of benzene rings is 1. The van der Waals surface area contributed by atoms with E-state index in [4.69, 9.17) is 4.52 Å². The Bertz CT molecular complexity index is 544. The fourth-order valence-corrected chi connectivity index (χ4v) is 1.91. The Hall–Kier alpha value is -1.97. The third kappa shape index (κ3) is 2.64. The van der Waals surface area contributed by atoms with Gasteiger partial charge in [0.25, 0.3) is 0 Å². The minimum absolute atomic E-state index is 0.227. The SMILES string of the molecule is O=C(Cc1nc(Cc2ccccc2)no1)C1CC1. The van der Waals surface area contributed by atoms with Gasteiger partial charge in [-0.25, -0.2) is 0 Å². The standard InChI is InChI=1S/C14H14N2O2/c17-12(11-6-7-11)9-14-15-13(16-18-14)8-10-4-2-1-3-5-10/h1-5,11H,6-9H2. The van der Waals surface area contributed by atoms with Gasteiger partial charge >= 0.3 is 0 Å². The molecular weight excluding hydrogens is 228 g/mol. The van der Waals surface area contributed by atoms with Crippen LogP contribution < -0.4 is 0 Å². The van der Waals surface area contributed by atoms with Crippen LogP contribution in [0.25, 0.3) is 0 Å². The van der Waals surface area contributed by atoms with Crippen LogP contribution in [0.15, 0.2) is 34.9 Å². The Morgan fingerprint density at radius 3 is 2.78 bits per heavy atom. The van der Waals surface area contributed by atoms with E-state index in [2.05, 4.69) is 10.1 Å². The molecule has 3 rings (SSSR count). The van der Waals surface area contributed by atoms with E-state index in [1.807, 2.05) is 30.3 Å². The molecule has 1 fully saturated rings. The Morgan fingerprint density at radius 1 is 1.28 bits per heavy atom. The molecule has 0 saturated heterocycles. The first-order chi connectivity index (χ1) is 8.81. The number of nitrogens with zero attached hydrogens (tertiary/aromatic N) is 2. The second kappa shape index (κ2) is 4.72. The third-order valence-corrected chi connectivity index (χ3v) is 3.07. The smallest absolute Gasteiger partial charge is 0.234 e. The molecule has 0 bridgehead atoms. The van der Waals surface area contributed by atoms with Gasteiger partial charge in [-0.3, -0.25) is 4.79 Å². The lowest BCUT2D eigenvalue weighted by Crippen LogP contribution is -2.04. The van der Waals surface area contributed by atoms with Crippen molar-refractivity contribution in [2.75, 3.05) is 0 Å². The zero-order valence-corrected chi connectivity index (χ0v) is 10.0. The van der Waals surface area contributed by atoms with E-state index in [0.717, 1.165) is 18.4 Å². The van der Waals surface area contributed by atoms with Crippen molar-refractivity contribution in [3.63, 3.8) is 0 Å². The summed E-state index contributed by atoms with van der Waals surface area (Å²) in [5.74, 6) is 1.55. The summed E-state index contributed by atoms with van der Waals surface area (Å²) >= 11 is 0. The average molecular weight is 242 g/mol. The van der Waals surface area contributed by atoms with E-state index in [1.54, 1.807) is 0 Å². The summed E-state index contributed by atoms with van der Waals surface area (Å²) in [6.07, 6.45) is 2.96. The van der Waals surface area contributed by atoms with E-state index < -0.39 is 0 Å². The van der Waals surface area contributed by atoms with Crippen molar-refractivity contribution in [3.8, 4) is 0 Å². The van der Waals surface area contributed by atoms with Gasteiger partial charge in [-0.1, -0.05) is 35.5 Å². The Morgan fingerprint density at radius 2 is 2.06 bits per heavy atom. The number of carbonyl (C=O) groups is 1. The number of rotatable bonds is 5. The molecule has 2 aromatic rings. The zero-order chi connectivity index (χ0) is 12.4. The number of aromatic nitrogens is 2. The normalized spacial score (nSPS) is 14.7. The average Bonchev–Trinajstić information content (AvgIpc) is 3.15. The Kier molecular flexibility index (Phi) is 2.92. The summed E-state index contributed by atoms with van der Waals surface area (Å²) in [5, 5.41) is 3.91. The molecule has 0 amide bonds. The fraction of sp³-hybridized carbons (Fsp3) is 0.357. The maximum Gasteiger partial charge on any atom is 0.234 e. The van der Waals surface area contributed by atoms with Crippen molar-refractivity contribution in [2.45, 2.75) is 25.7 Å². The summed E-state index contributed by atoms with van der Waals surface area (Å²) in [6, 6.07) is 9.97. The Labute approximate surface area is 105 Å². The van der Waals surface area contributed by atoms with Crippen molar-refractivity contribution in [2.24, 2.45) is 5.92 Å². The zero-order valence-electron chi connectivity index (χ0n) is 10.0. The maximum atomic E-state index is 11.6. The molecule has 1 aromatic carbocycles. The summed E-state index contributed by atoms with van der Waals surface area (Å²) in [6.45, 7) is 0. The largest absolute Gasteiger partial charge is 0.339 e. The van der Waals surface area contributed by atoms with Crippen LogP contribution in [0.5, 0.6) is 0 Å². The first-order valence-electron chi connectivity index (χ1n) is 6.19. The molecule has 4 nitrogen and oxygen atoms in total. The molecule has 1 aliphatic carbocycles. The number of ketones is 1. The molecule has 4 heteroatoms. The summed E-state index contributed by atoms with van der Waals surface area (Å²) in [7, 11) is 0. The molecule has 0 N–H and O–H groups in total. The molecule has 1 aromatic heterocycles. The molecule has 0 aliphatic heterocycles. The van der Waals surface area contributed by atoms with Gasteiger partial charge in [0.15, 0.2) is 5.82 Å². The summed E-state index contributed by atoms with van der Waals surface area (Å²) in [4.78, 5) is 15.9. The lowest BCUT2D eigenvalue weighted by Gasteiger charge is -1.94. The van der Waals surface area contributed by atoms with E-state index in [1.165, 1.54) is 0 Å². The van der Waals surface area contributed by atoms with E-state index >= 15 is 0 Å². The minimum Gasteiger partial charge on any atom is -0.339 e.